The predicted octanol–water partition coefficient (Wildman–Crippen LogP) is 4.93. The van der Waals surface area contributed by atoms with Gasteiger partial charge >= 0.3 is 12.0 Å². The van der Waals surface area contributed by atoms with Crippen LogP contribution < -0.4 is 20.9 Å². The number of carboxylic acids is 1. The van der Waals surface area contributed by atoms with Crippen molar-refractivity contribution in [1.82, 2.24) is 9.88 Å². The normalized spacial score (nSPS) is 14.9. The lowest BCUT2D eigenvalue weighted by atomic mass is 10.0. The third kappa shape index (κ3) is 5.88. The van der Waals surface area contributed by atoms with Crippen molar-refractivity contribution in [3.05, 3.63) is 85.8 Å². The van der Waals surface area contributed by atoms with Gasteiger partial charge in [0.2, 0.25) is 0 Å². The minimum atomic E-state index is -1.10. The van der Waals surface area contributed by atoms with E-state index in [-0.39, 0.29) is 30.5 Å². The summed E-state index contributed by atoms with van der Waals surface area (Å²) >= 11 is 6.44. The molecule has 0 spiro atoms. The number of carbonyl (C=O) groups is 2. The van der Waals surface area contributed by atoms with Crippen LogP contribution in [0.1, 0.15) is 59.7 Å². The summed E-state index contributed by atoms with van der Waals surface area (Å²) in [7, 11) is 0. The summed E-state index contributed by atoms with van der Waals surface area (Å²) < 4.78 is 7.37. The van der Waals surface area contributed by atoms with Gasteiger partial charge < -0.3 is 30.2 Å². The van der Waals surface area contributed by atoms with Crippen molar-refractivity contribution < 1.29 is 24.5 Å². The molecule has 0 aliphatic heterocycles. The number of amides is 2. The zero-order chi connectivity index (χ0) is 27.7. The molecular formula is C29H30ClN3O6. The van der Waals surface area contributed by atoms with Crippen molar-refractivity contribution in [3.63, 3.8) is 0 Å². The van der Waals surface area contributed by atoms with Gasteiger partial charge in [0.15, 0.2) is 5.69 Å². The topological polar surface area (TPSA) is 130 Å². The average molecular weight is 552 g/mol. The molecule has 204 valence electrons. The molecule has 2 aliphatic rings. The average Bonchev–Trinajstić information content (AvgIpc) is 3.57. The summed E-state index contributed by atoms with van der Waals surface area (Å²) in [5.41, 5.74) is 2.78. The highest BCUT2D eigenvalue weighted by molar-refractivity contribution is 6.31. The van der Waals surface area contributed by atoms with Gasteiger partial charge in [-0.1, -0.05) is 35.9 Å². The first kappa shape index (κ1) is 26.6. The molecule has 1 atom stereocenters. The van der Waals surface area contributed by atoms with Gasteiger partial charge in [-0.25, -0.2) is 4.79 Å². The van der Waals surface area contributed by atoms with Gasteiger partial charge in [0, 0.05) is 16.3 Å². The number of hydrogen-bond donors (Lipinski definition) is 4. The molecule has 10 heteroatoms. The number of carbonyl (C=O) groups excluding carboxylic acids is 1. The van der Waals surface area contributed by atoms with Crippen LogP contribution in [0.2, 0.25) is 5.02 Å². The number of halogens is 1. The lowest BCUT2D eigenvalue weighted by Crippen LogP contribution is -2.37. The molecule has 1 fully saturated rings. The maximum absolute atomic E-state index is 13.6. The van der Waals surface area contributed by atoms with Gasteiger partial charge in [-0.3, -0.25) is 9.59 Å². The summed E-state index contributed by atoms with van der Waals surface area (Å²) in [6.45, 7) is 2.10. The van der Waals surface area contributed by atoms with Gasteiger partial charge in [-0.2, -0.15) is 0 Å². The fraction of sp³-hybridized carbons (Fsp3) is 0.345. The van der Waals surface area contributed by atoms with E-state index in [0.29, 0.717) is 34.7 Å². The van der Waals surface area contributed by atoms with Crippen molar-refractivity contribution in [2.45, 2.75) is 64.1 Å². The molecule has 1 aromatic heterocycles. The lowest BCUT2D eigenvalue weighted by Gasteiger charge is -2.21. The standard InChI is InChI=1S/C29H30ClN3O6/c1-16-5-2-9-22(30)21(16)15-33-24-10-4-8-20(24)27(36)26(28(33)37)32-29(38)31-23(14-25(34)35)17-6-3-7-19(13-17)39-18-11-12-18/h2-3,5-7,9,13,18,23,36H,4,8,10-12,14-15H2,1H3,(H,34,35)(H2,31,32,38)/t23-/m0/s1. The Kier molecular flexibility index (Phi) is 7.52. The molecule has 0 saturated heterocycles. The number of aromatic hydroxyl groups is 1. The van der Waals surface area contributed by atoms with Crippen LogP contribution >= 0.6 is 11.6 Å². The maximum atomic E-state index is 13.6. The highest BCUT2D eigenvalue weighted by Gasteiger charge is 2.28. The minimum absolute atomic E-state index is 0.161. The second-order valence-corrected chi connectivity index (χ2v) is 10.5. The molecular weight excluding hydrogens is 522 g/mol. The van der Waals surface area contributed by atoms with E-state index in [4.69, 9.17) is 16.3 Å². The van der Waals surface area contributed by atoms with Crippen LogP contribution in [0.25, 0.3) is 0 Å². The summed E-state index contributed by atoms with van der Waals surface area (Å²) in [4.78, 5) is 38.3. The largest absolute Gasteiger partial charge is 0.505 e. The summed E-state index contributed by atoms with van der Waals surface area (Å²) in [5.74, 6) is -0.766. The summed E-state index contributed by atoms with van der Waals surface area (Å²) in [6.07, 6.45) is 3.67. The fourth-order valence-electron chi connectivity index (χ4n) is 5.01. The zero-order valence-corrected chi connectivity index (χ0v) is 22.3. The molecule has 3 aromatic rings. The Balaban J connectivity index is 1.43. The SMILES string of the molecule is Cc1cccc(Cl)c1Cn1c2c(c(O)c(NC(=O)N[C@@H](CC(=O)O)c3cccc(OC4CC4)c3)c1=O)CCC2. The summed E-state index contributed by atoms with van der Waals surface area (Å²) in [6, 6.07) is 10.7. The monoisotopic (exact) mass is 551 g/mol. The van der Waals surface area contributed by atoms with E-state index in [1.54, 1.807) is 34.9 Å². The van der Waals surface area contributed by atoms with Crippen molar-refractivity contribution in [2.75, 3.05) is 5.32 Å². The number of ether oxygens (including phenoxy) is 1. The first-order valence-corrected chi connectivity index (χ1v) is 13.4. The molecule has 2 aliphatic carbocycles. The van der Waals surface area contributed by atoms with E-state index in [1.165, 1.54) is 0 Å². The van der Waals surface area contributed by atoms with Gasteiger partial charge in [0.05, 0.1) is 25.1 Å². The molecule has 0 radical (unpaired) electrons. The smallest absolute Gasteiger partial charge is 0.319 e. The van der Waals surface area contributed by atoms with Crippen LogP contribution in [0.15, 0.2) is 47.3 Å². The number of aliphatic carboxylic acids is 1. The van der Waals surface area contributed by atoms with Crippen LogP contribution in [-0.4, -0.2) is 32.9 Å². The molecule has 0 unspecified atom stereocenters. The Hall–Kier alpha value is -3.98. The second-order valence-electron chi connectivity index (χ2n) is 10.1. The predicted molar refractivity (Wildman–Crippen MR) is 147 cm³/mol. The van der Waals surface area contributed by atoms with E-state index in [0.717, 1.165) is 36.1 Å². The molecule has 39 heavy (non-hydrogen) atoms. The van der Waals surface area contributed by atoms with Crippen LogP contribution in [0.3, 0.4) is 0 Å². The van der Waals surface area contributed by atoms with Crippen LogP contribution in [0.5, 0.6) is 11.5 Å². The number of pyridine rings is 1. The molecule has 9 nitrogen and oxygen atoms in total. The van der Waals surface area contributed by atoms with Gasteiger partial charge in [0.25, 0.3) is 5.56 Å². The number of carboxylic acid groups (broad SMARTS) is 1. The van der Waals surface area contributed by atoms with E-state index < -0.39 is 23.6 Å². The number of aryl methyl sites for hydroxylation is 1. The highest BCUT2D eigenvalue weighted by atomic mass is 35.5. The number of benzene rings is 2. The van der Waals surface area contributed by atoms with E-state index >= 15 is 0 Å². The van der Waals surface area contributed by atoms with E-state index in [1.807, 2.05) is 19.1 Å². The third-order valence-corrected chi connectivity index (χ3v) is 7.53. The number of aromatic nitrogens is 1. The lowest BCUT2D eigenvalue weighted by molar-refractivity contribution is -0.137. The maximum Gasteiger partial charge on any atom is 0.319 e. The number of fused-ring (bicyclic) bond motifs is 1. The Morgan fingerprint density at radius 1 is 1.18 bits per heavy atom. The van der Waals surface area contributed by atoms with Crippen LogP contribution in [-0.2, 0) is 24.2 Å². The highest BCUT2D eigenvalue weighted by Crippen LogP contribution is 2.35. The number of nitrogens with one attached hydrogen (secondary N) is 2. The second kappa shape index (κ2) is 11.0. The third-order valence-electron chi connectivity index (χ3n) is 7.18. The molecule has 1 saturated carbocycles. The molecule has 4 N–H and O–H groups in total. The van der Waals surface area contributed by atoms with Crippen molar-refractivity contribution in [2.24, 2.45) is 0 Å². The number of urea groups is 1. The first-order chi connectivity index (χ1) is 18.7. The molecule has 1 heterocycles. The molecule has 2 aromatic carbocycles. The van der Waals surface area contributed by atoms with E-state index in [2.05, 4.69) is 10.6 Å². The van der Waals surface area contributed by atoms with Crippen molar-refractivity contribution in [3.8, 4) is 11.5 Å². The number of nitrogens with zero attached hydrogens (tertiary/aromatic N) is 1. The van der Waals surface area contributed by atoms with Gasteiger partial charge in [-0.15, -0.1) is 0 Å². The number of rotatable bonds is 9. The Morgan fingerprint density at radius 2 is 1.95 bits per heavy atom. The van der Waals surface area contributed by atoms with Crippen LogP contribution in [0, 0.1) is 6.92 Å². The van der Waals surface area contributed by atoms with Crippen molar-refractivity contribution in [1.29, 1.82) is 0 Å². The number of hydrogen-bond acceptors (Lipinski definition) is 5. The molecule has 2 amide bonds. The van der Waals surface area contributed by atoms with Crippen LogP contribution in [0.4, 0.5) is 10.5 Å². The number of anilines is 1. The Morgan fingerprint density at radius 3 is 2.67 bits per heavy atom. The fourth-order valence-corrected chi connectivity index (χ4v) is 5.29. The Bertz CT molecular complexity index is 1480. The van der Waals surface area contributed by atoms with E-state index in [9.17, 15) is 24.6 Å². The molecule has 0 bridgehead atoms. The van der Waals surface area contributed by atoms with Gasteiger partial charge in [0.1, 0.15) is 11.5 Å². The molecule has 5 rings (SSSR count). The summed E-state index contributed by atoms with van der Waals surface area (Å²) in [5, 5.41) is 26.1. The first-order valence-electron chi connectivity index (χ1n) is 13.0. The van der Waals surface area contributed by atoms with Gasteiger partial charge in [-0.05, 0) is 73.9 Å². The Labute approximate surface area is 230 Å². The quantitative estimate of drug-likeness (QED) is 0.298. The zero-order valence-electron chi connectivity index (χ0n) is 21.5. The van der Waals surface area contributed by atoms with Crippen molar-refractivity contribution >= 4 is 29.3 Å². The minimum Gasteiger partial charge on any atom is -0.505 e.